The quantitative estimate of drug-likeness (QED) is 0.735. The van der Waals surface area contributed by atoms with Crippen LogP contribution in [-0.4, -0.2) is 31.2 Å². The average Bonchev–Trinajstić information content (AvgIpc) is 3.02. The Bertz CT molecular complexity index is 917. The Labute approximate surface area is 161 Å². The summed E-state index contributed by atoms with van der Waals surface area (Å²) in [5, 5.41) is 2.59. The normalized spacial score (nSPS) is 21.4. The number of alkyl halides is 3. The van der Waals surface area contributed by atoms with Gasteiger partial charge in [-0.1, -0.05) is 0 Å². The summed E-state index contributed by atoms with van der Waals surface area (Å²) in [5.41, 5.74) is -0.323. The Hall–Kier alpha value is -1.81. The lowest BCUT2D eigenvalue weighted by Gasteiger charge is -2.29. The molecule has 1 saturated carbocycles. The molecule has 0 saturated heterocycles. The number of fused-ring (bicyclic) bond motifs is 1. The Morgan fingerprint density at radius 1 is 1.21 bits per heavy atom. The van der Waals surface area contributed by atoms with Crippen LogP contribution in [0.15, 0.2) is 22.6 Å². The highest BCUT2D eigenvalue weighted by molar-refractivity contribution is 7.90. The number of nitrogens with zero attached hydrogens (tertiary/aromatic N) is 1. The summed E-state index contributed by atoms with van der Waals surface area (Å²) >= 11 is 0. The van der Waals surface area contributed by atoms with Gasteiger partial charge in [-0.05, 0) is 63.6 Å². The molecule has 10 heteroatoms. The van der Waals surface area contributed by atoms with Crippen LogP contribution in [0.2, 0.25) is 0 Å². The van der Waals surface area contributed by atoms with Crippen molar-refractivity contribution in [2.24, 2.45) is 5.92 Å². The van der Waals surface area contributed by atoms with E-state index in [9.17, 15) is 21.6 Å². The van der Waals surface area contributed by atoms with Gasteiger partial charge in [-0.2, -0.15) is 18.2 Å². The number of anilines is 1. The topological polar surface area (TPSA) is 84.2 Å². The van der Waals surface area contributed by atoms with Crippen LogP contribution in [0, 0.1) is 5.92 Å². The predicted molar refractivity (Wildman–Crippen MR) is 100 cm³/mol. The molecule has 2 N–H and O–H groups in total. The van der Waals surface area contributed by atoms with Crippen LogP contribution in [0.1, 0.15) is 45.1 Å². The van der Waals surface area contributed by atoms with Crippen LogP contribution < -0.4 is 10.0 Å². The van der Waals surface area contributed by atoms with Crippen molar-refractivity contribution in [3.8, 4) is 0 Å². The zero-order valence-corrected chi connectivity index (χ0v) is 16.5. The summed E-state index contributed by atoms with van der Waals surface area (Å²) in [5.74, 6) is 0.320. The van der Waals surface area contributed by atoms with Gasteiger partial charge >= 0.3 is 6.18 Å². The van der Waals surface area contributed by atoms with E-state index in [0.29, 0.717) is 18.0 Å². The third-order valence-corrected chi connectivity index (χ3v) is 6.96. The second-order valence-corrected chi connectivity index (χ2v) is 9.78. The molecular weight excluding hydrogens is 395 g/mol. The van der Waals surface area contributed by atoms with E-state index < -0.39 is 27.0 Å². The Balaban J connectivity index is 1.53. The number of hydrogen-bond donors (Lipinski definition) is 2. The predicted octanol–water partition coefficient (Wildman–Crippen LogP) is 4.15. The number of rotatable bonds is 6. The monoisotopic (exact) mass is 419 g/mol. The molecule has 1 aliphatic rings. The van der Waals surface area contributed by atoms with E-state index >= 15 is 0 Å². The van der Waals surface area contributed by atoms with E-state index in [0.717, 1.165) is 37.8 Å². The molecule has 0 radical (unpaired) electrons. The fourth-order valence-electron chi connectivity index (χ4n) is 3.26. The standard InChI is InChI=1S/C18H24F3N3O3S/c1-11(2)28(25,26)24-14-6-3-12(4-7-14)10-22-17-23-15-8-5-13(18(19,20)21)9-16(15)27-17/h5,8-9,11-12,14,24H,3-4,6-7,10H2,1-2H3,(H,22,23)/t12-,14-. The van der Waals surface area contributed by atoms with Crippen molar-refractivity contribution < 1.29 is 26.0 Å². The first kappa shape index (κ1) is 20.9. The first-order valence-corrected chi connectivity index (χ1v) is 10.8. The van der Waals surface area contributed by atoms with E-state index in [-0.39, 0.29) is 17.6 Å². The molecule has 0 amide bonds. The third kappa shape index (κ3) is 4.96. The maximum Gasteiger partial charge on any atom is 0.416 e. The van der Waals surface area contributed by atoms with Gasteiger partial charge < -0.3 is 9.73 Å². The maximum absolute atomic E-state index is 12.8. The minimum Gasteiger partial charge on any atom is -0.424 e. The molecule has 0 bridgehead atoms. The smallest absolute Gasteiger partial charge is 0.416 e. The van der Waals surface area contributed by atoms with Crippen molar-refractivity contribution in [3.05, 3.63) is 23.8 Å². The fraction of sp³-hybridized carbons (Fsp3) is 0.611. The van der Waals surface area contributed by atoms with Gasteiger partial charge in [-0.3, -0.25) is 0 Å². The molecule has 0 unspecified atom stereocenters. The molecule has 6 nitrogen and oxygen atoms in total. The first-order chi connectivity index (χ1) is 13.0. The van der Waals surface area contributed by atoms with Gasteiger partial charge in [0.05, 0.1) is 10.8 Å². The van der Waals surface area contributed by atoms with E-state index in [1.54, 1.807) is 13.8 Å². The molecule has 1 aromatic carbocycles. The molecule has 3 rings (SSSR count). The Morgan fingerprint density at radius 2 is 1.89 bits per heavy atom. The van der Waals surface area contributed by atoms with Crippen LogP contribution in [0.4, 0.5) is 19.2 Å². The largest absolute Gasteiger partial charge is 0.424 e. The summed E-state index contributed by atoms with van der Waals surface area (Å²) in [6.07, 6.45) is -1.24. The van der Waals surface area contributed by atoms with Crippen LogP contribution in [0.3, 0.4) is 0 Å². The molecule has 2 aromatic rings. The van der Waals surface area contributed by atoms with E-state index in [2.05, 4.69) is 15.0 Å². The molecule has 28 heavy (non-hydrogen) atoms. The highest BCUT2D eigenvalue weighted by atomic mass is 32.2. The first-order valence-electron chi connectivity index (χ1n) is 9.27. The molecule has 0 aliphatic heterocycles. The van der Waals surface area contributed by atoms with Gasteiger partial charge in [0, 0.05) is 12.6 Å². The summed E-state index contributed by atoms with van der Waals surface area (Å²) < 4.78 is 70.4. The van der Waals surface area contributed by atoms with Gasteiger partial charge in [-0.25, -0.2) is 13.1 Å². The zero-order chi connectivity index (χ0) is 20.5. The Kier molecular flexibility index (Phi) is 5.90. The van der Waals surface area contributed by atoms with Gasteiger partial charge in [-0.15, -0.1) is 0 Å². The minimum absolute atomic E-state index is 0.0474. The van der Waals surface area contributed by atoms with Crippen LogP contribution >= 0.6 is 0 Å². The number of nitrogens with one attached hydrogen (secondary N) is 2. The SMILES string of the molecule is CC(C)S(=O)(=O)N[C@H]1CC[C@H](CNc2nc3ccc(C(F)(F)F)cc3o2)CC1. The summed E-state index contributed by atoms with van der Waals surface area (Å²) in [7, 11) is -3.27. The molecule has 1 aliphatic carbocycles. The lowest BCUT2D eigenvalue weighted by atomic mass is 9.86. The van der Waals surface area contributed by atoms with Gasteiger partial charge in [0.25, 0.3) is 6.01 Å². The van der Waals surface area contributed by atoms with Crippen LogP contribution in [0.5, 0.6) is 0 Å². The number of halogens is 3. The van der Waals surface area contributed by atoms with Crippen LogP contribution in [0.25, 0.3) is 11.1 Å². The molecule has 1 fully saturated rings. The average molecular weight is 419 g/mol. The number of benzene rings is 1. The van der Waals surface area contributed by atoms with Gasteiger partial charge in [0.1, 0.15) is 5.52 Å². The lowest BCUT2D eigenvalue weighted by Crippen LogP contribution is -2.41. The molecular formula is C18H24F3N3O3S. The number of aromatic nitrogens is 1. The summed E-state index contributed by atoms with van der Waals surface area (Å²) in [6.45, 7) is 3.87. The second-order valence-electron chi connectivity index (χ2n) is 7.51. The van der Waals surface area contributed by atoms with Crippen molar-refractivity contribution in [1.29, 1.82) is 0 Å². The van der Waals surface area contributed by atoms with E-state index in [1.807, 2.05) is 0 Å². The van der Waals surface area contributed by atoms with Crippen molar-refractivity contribution in [2.45, 2.75) is 57.0 Å². The molecule has 1 aromatic heterocycles. The van der Waals surface area contributed by atoms with Gasteiger partial charge in [0.2, 0.25) is 10.0 Å². The highest BCUT2D eigenvalue weighted by Crippen LogP contribution is 2.32. The van der Waals surface area contributed by atoms with Crippen molar-refractivity contribution >= 4 is 27.1 Å². The second kappa shape index (κ2) is 7.90. The van der Waals surface area contributed by atoms with Gasteiger partial charge in [0.15, 0.2) is 5.58 Å². The molecule has 0 spiro atoms. The maximum atomic E-state index is 12.8. The van der Waals surface area contributed by atoms with Crippen molar-refractivity contribution in [1.82, 2.24) is 9.71 Å². The number of oxazole rings is 1. The molecule has 156 valence electrons. The van der Waals surface area contributed by atoms with Crippen molar-refractivity contribution in [3.63, 3.8) is 0 Å². The molecule has 0 atom stereocenters. The third-order valence-electron chi connectivity index (χ3n) is 5.06. The van der Waals surface area contributed by atoms with E-state index in [1.165, 1.54) is 6.07 Å². The minimum atomic E-state index is -4.43. The highest BCUT2D eigenvalue weighted by Gasteiger charge is 2.31. The fourth-order valence-corrected chi connectivity index (χ4v) is 4.23. The number of sulfonamides is 1. The summed E-state index contributed by atoms with van der Waals surface area (Å²) in [6, 6.07) is 3.36. The van der Waals surface area contributed by atoms with E-state index in [4.69, 9.17) is 4.42 Å². The zero-order valence-electron chi connectivity index (χ0n) is 15.7. The van der Waals surface area contributed by atoms with Crippen molar-refractivity contribution in [2.75, 3.05) is 11.9 Å². The molecule has 1 heterocycles. The van der Waals surface area contributed by atoms with Crippen LogP contribution in [-0.2, 0) is 16.2 Å². The lowest BCUT2D eigenvalue weighted by molar-refractivity contribution is -0.137. The number of hydrogen-bond acceptors (Lipinski definition) is 5. The Morgan fingerprint density at radius 3 is 2.50 bits per heavy atom. The summed E-state index contributed by atoms with van der Waals surface area (Å²) in [4.78, 5) is 4.17.